The van der Waals surface area contributed by atoms with Gasteiger partial charge in [0, 0.05) is 24.2 Å². The number of carbonyl (C=O) groups is 2. The van der Waals surface area contributed by atoms with Crippen LogP contribution in [0.3, 0.4) is 0 Å². The number of urea groups is 1. The molecule has 1 heterocycles. The summed E-state index contributed by atoms with van der Waals surface area (Å²) in [5, 5.41) is 3.31. The van der Waals surface area contributed by atoms with Gasteiger partial charge in [-0.05, 0) is 50.5 Å². The standard InChI is InChI=1S/C17H25ClN4O5S/c1-3-28(25,26)22-8-6-13(7-9-22)19-17(24)21-20-16(23)11-27-14-4-5-15(18)12(2)10-14/h4-5,10,13H,3,6-9,11H2,1-2H3,(H,20,23)(H2,19,21,24). The fourth-order valence-corrected chi connectivity index (χ4v) is 3.95. The molecule has 0 saturated carbocycles. The molecule has 0 radical (unpaired) electrons. The van der Waals surface area contributed by atoms with E-state index in [1.54, 1.807) is 25.1 Å². The molecule has 0 aliphatic carbocycles. The summed E-state index contributed by atoms with van der Waals surface area (Å²) in [6.07, 6.45) is 1.03. The molecular weight excluding hydrogens is 408 g/mol. The Kier molecular flexibility index (Phi) is 7.90. The zero-order valence-electron chi connectivity index (χ0n) is 15.8. The predicted octanol–water partition coefficient (Wildman–Crippen LogP) is 1.17. The Morgan fingerprint density at radius 2 is 1.93 bits per heavy atom. The summed E-state index contributed by atoms with van der Waals surface area (Å²) in [7, 11) is -3.20. The average Bonchev–Trinajstić information content (AvgIpc) is 2.67. The number of hydrogen-bond acceptors (Lipinski definition) is 5. The number of halogens is 1. The third-order valence-corrected chi connectivity index (χ3v) is 6.67. The number of sulfonamides is 1. The van der Waals surface area contributed by atoms with Gasteiger partial charge in [-0.25, -0.2) is 22.9 Å². The second-order valence-electron chi connectivity index (χ2n) is 6.42. The molecule has 11 heteroatoms. The highest BCUT2D eigenvalue weighted by molar-refractivity contribution is 7.89. The summed E-state index contributed by atoms with van der Waals surface area (Å²) in [5.74, 6) is 0.0387. The molecule has 0 unspecified atom stereocenters. The second-order valence-corrected chi connectivity index (χ2v) is 9.08. The van der Waals surface area contributed by atoms with Crippen LogP contribution in [0.4, 0.5) is 4.79 Å². The molecule has 3 amide bonds. The van der Waals surface area contributed by atoms with Crippen molar-refractivity contribution < 1.29 is 22.7 Å². The number of nitrogens with one attached hydrogen (secondary N) is 3. The molecule has 156 valence electrons. The largest absolute Gasteiger partial charge is 0.484 e. The highest BCUT2D eigenvalue weighted by atomic mass is 35.5. The summed E-state index contributed by atoms with van der Waals surface area (Å²) in [6.45, 7) is 3.88. The average molecular weight is 433 g/mol. The van der Waals surface area contributed by atoms with Crippen LogP contribution in [0.5, 0.6) is 5.75 Å². The first kappa shape index (κ1) is 22.3. The quantitative estimate of drug-likeness (QED) is 0.583. The highest BCUT2D eigenvalue weighted by Gasteiger charge is 2.27. The molecule has 1 aromatic rings. The number of piperidine rings is 1. The van der Waals surface area contributed by atoms with Gasteiger partial charge in [0.15, 0.2) is 6.61 Å². The van der Waals surface area contributed by atoms with E-state index in [1.165, 1.54) is 4.31 Å². The predicted molar refractivity (Wildman–Crippen MR) is 106 cm³/mol. The van der Waals surface area contributed by atoms with Gasteiger partial charge in [0.1, 0.15) is 5.75 Å². The van der Waals surface area contributed by atoms with Crippen molar-refractivity contribution in [2.24, 2.45) is 0 Å². The van der Waals surface area contributed by atoms with E-state index in [2.05, 4.69) is 16.2 Å². The SMILES string of the molecule is CCS(=O)(=O)N1CCC(NC(=O)NNC(=O)COc2ccc(Cl)c(C)c2)CC1. The van der Waals surface area contributed by atoms with Gasteiger partial charge in [0.25, 0.3) is 5.91 Å². The van der Waals surface area contributed by atoms with Crippen molar-refractivity contribution in [2.45, 2.75) is 32.7 Å². The Balaban J connectivity index is 1.67. The summed E-state index contributed by atoms with van der Waals surface area (Å²) >= 11 is 5.92. The molecule has 1 fully saturated rings. The van der Waals surface area contributed by atoms with Gasteiger partial charge in [-0.2, -0.15) is 0 Å². The fourth-order valence-electron chi connectivity index (χ4n) is 2.70. The van der Waals surface area contributed by atoms with E-state index in [0.29, 0.717) is 36.7 Å². The van der Waals surface area contributed by atoms with Crippen LogP contribution in [0.1, 0.15) is 25.3 Å². The third-order valence-electron chi connectivity index (χ3n) is 4.36. The van der Waals surface area contributed by atoms with Crippen LogP contribution in [0.25, 0.3) is 0 Å². The molecule has 0 bridgehead atoms. The molecule has 0 atom stereocenters. The van der Waals surface area contributed by atoms with Gasteiger partial charge >= 0.3 is 6.03 Å². The molecule has 28 heavy (non-hydrogen) atoms. The van der Waals surface area contributed by atoms with Crippen molar-refractivity contribution in [1.82, 2.24) is 20.5 Å². The Labute approximate surface area is 169 Å². The number of nitrogens with zero attached hydrogens (tertiary/aromatic N) is 1. The van der Waals surface area contributed by atoms with Gasteiger partial charge in [-0.1, -0.05) is 11.6 Å². The summed E-state index contributed by atoms with van der Waals surface area (Å²) < 4.78 is 30.4. The zero-order valence-corrected chi connectivity index (χ0v) is 17.4. The number of hydrogen-bond donors (Lipinski definition) is 3. The van der Waals surface area contributed by atoms with Crippen molar-refractivity contribution in [3.05, 3.63) is 28.8 Å². The van der Waals surface area contributed by atoms with Crippen molar-refractivity contribution >= 4 is 33.6 Å². The Morgan fingerprint density at radius 3 is 2.54 bits per heavy atom. The molecular formula is C17H25ClN4O5S. The normalized spacial score (nSPS) is 15.7. The van der Waals surface area contributed by atoms with Crippen molar-refractivity contribution in [3.8, 4) is 5.75 Å². The maximum Gasteiger partial charge on any atom is 0.333 e. The lowest BCUT2D eigenvalue weighted by molar-refractivity contribution is -0.123. The number of rotatable bonds is 6. The molecule has 1 aliphatic heterocycles. The molecule has 1 aliphatic rings. The van der Waals surface area contributed by atoms with Crippen LogP contribution in [0.2, 0.25) is 5.02 Å². The van der Waals surface area contributed by atoms with E-state index in [4.69, 9.17) is 16.3 Å². The molecule has 1 saturated heterocycles. The number of carbonyl (C=O) groups excluding carboxylic acids is 2. The van der Waals surface area contributed by atoms with Crippen LogP contribution in [-0.2, 0) is 14.8 Å². The van der Waals surface area contributed by atoms with E-state index in [1.807, 2.05) is 6.92 Å². The first-order valence-corrected chi connectivity index (χ1v) is 10.9. The minimum absolute atomic E-state index is 0.0648. The van der Waals surface area contributed by atoms with E-state index in [-0.39, 0.29) is 18.4 Å². The lowest BCUT2D eigenvalue weighted by Crippen LogP contribution is -2.53. The zero-order chi connectivity index (χ0) is 20.7. The van der Waals surface area contributed by atoms with Crippen molar-refractivity contribution in [1.29, 1.82) is 0 Å². The topological polar surface area (TPSA) is 117 Å². The highest BCUT2D eigenvalue weighted by Crippen LogP contribution is 2.20. The lowest BCUT2D eigenvalue weighted by atomic mass is 10.1. The number of benzene rings is 1. The van der Waals surface area contributed by atoms with E-state index >= 15 is 0 Å². The minimum Gasteiger partial charge on any atom is -0.484 e. The van der Waals surface area contributed by atoms with E-state index in [0.717, 1.165) is 5.56 Å². The smallest absolute Gasteiger partial charge is 0.333 e. The number of ether oxygens (including phenoxy) is 1. The molecule has 2 rings (SSSR count). The van der Waals surface area contributed by atoms with Gasteiger partial charge in [0.2, 0.25) is 10.0 Å². The van der Waals surface area contributed by atoms with E-state index in [9.17, 15) is 18.0 Å². The summed E-state index contributed by atoms with van der Waals surface area (Å²) in [6, 6.07) is 4.31. The Hall–Kier alpha value is -2.04. The van der Waals surface area contributed by atoms with Gasteiger partial charge < -0.3 is 10.1 Å². The third kappa shape index (κ3) is 6.54. The monoisotopic (exact) mass is 432 g/mol. The van der Waals surface area contributed by atoms with Gasteiger partial charge in [-0.15, -0.1) is 0 Å². The Bertz CT molecular complexity index is 810. The van der Waals surface area contributed by atoms with Crippen LogP contribution >= 0.6 is 11.6 Å². The summed E-state index contributed by atoms with van der Waals surface area (Å²) in [5.41, 5.74) is 5.34. The van der Waals surface area contributed by atoms with Gasteiger partial charge in [-0.3, -0.25) is 10.2 Å². The van der Waals surface area contributed by atoms with Crippen LogP contribution in [0.15, 0.2) is 18.2 Å². The maximum atomic E-state index is 11.9. The van der Waals surface area contributed by atoms with Crippen LogP contribution in [0, 0.1) is 6.92 Å². The molecule has 9 nitrogen and oxygen atoms in total. The number of amides is 3. The molecule has 0 spiro atoms. The fraction of sp³-hybridized carbons (Fsp3) is 0.529. The molecule has 3 N–H and O–H groups in total. The lowest BCUT2D eigenvalue weighted by Gasteiger charge is -2.31. The second kappa shape index (κ2) is 9.94. The first-order chi connectivity index (χ1) is 13.2. The molecule has 0 aromatic heterocycles. The van der Waals surface area contributed by atoms with Crippen molar-refractivity contribution in [2.75, 3.05) is 25.4 Å². The molecule has 1 aromatic carbocycles. The van der Waals surface area contributed by atoms with E-state index < -0.39 is 22.0 Å². The Morgan fingerprint density at radius 1 is 1.25 bits per heavy atom. The van der Waals surface area contributed by atoms with Crippen molar-refractivity contribution in [3.63, 3.8) is 0 Å². The first-order valence-electron chi connectivity index (χ1n) is 8.93. The van der Waals surface area contributed by atoms with Crippen LogP contribution in [-0.4, -0.2) is 56.2 Å². The number of hydrazine groups is 1. The maximum absolute atomic E-state index is 11.9. The van der Waals surface area contributed by atoms with Crippen LogP contribution < -0.4 is 20.9 Å². The minimum atomic E-state index is -3.20. The number of aryl methyl sites for hydroxylation is 1. The van der Waals surface area contributed by atoms with Gasteiger partial charge in [0.05, 0.1) is 5.75 Å². The summed E-state index contributed by atoms with van der Waals surface area (Å²) in [4.78, 5) is 23.7.